The van der Waals surface area contributed by atoms with Crippen LogP contribution in [0.15, 0.2) is 0 Å². The summed E-state index contributed by atoms with van der Waals surface area (Å²) in [6.07, 6.45) is 0.862. The third kappa shape index (κ3) is 4.88. The minimum Gasteiger partial charge on any atom is -0.339 e. The summed E-state index contributed by atoms with van der Waals surface area (Å²) in [5.41, 5.74) is 5.30. The Bertz CT molecular complexity index is 250. The van der Waals surface area contributed by atoms with Crippen LogP contribution in [0, 0.1) is 17.8 Å². The highest BCUT2D eigenvalue weighted by atomic mass is 16.1. The van der Waals surface area contributed by atoms with E-state index in [9.17, 15) is 4.79 Å². The van der Waals surface area contributed by atoms with E-state index in [1.807, 2.05) is 6.92 Å². The van der Waals surface area contributed by atoms with Gasteiger partial charge in [-0.05, 0) is 32.1 Å². The molecule has 3 nitrogen and oxygen atoms in total. The number of amides is 1. The van der Waals surface area contributed by atoms with Crippen molar-refractivity contribution in [2.24, 2.45) is 11.7 Å². The molecule has 0 aliphatic carbocycles. The van der Waals surface area contributed by atoms with E-state index in [1.165, 1.54) is 0 Å². The SMILES string of the molecule is CC#CC(=O)NC(C)(CN)CC(C)C. The van der Waals surface area contributed by atoms with Crippen molar-refractivity contribution < 1.29 is 4.79 Å². The predicted molar refractivity (Wildman–Crippen MR) is 58.5 cm³/mol. The molecule has 0 heterocycles. The predicted octanol–water partition coefficient (Wildman–Crippen LogP) is 0.889. The molecule has 0 radical (unpaired) electrons. The number of rotatable bonds is 4. The van der Waals surface area contributed by atoms with Gasteiger partial charge in [-0.3, -0.25) is 4.79 Å². The van der Waals surface area contributed by atoms with E-state index in [1.54, 1.807) is 6.92 Å². The molecule has 3 N–H and O–H groups in total. The summed E-state index contributed by atoms with van der Waals surface area (Å²) in [4.78, 5) is 11.3. The van der Waals surface area contributed by atoms with E-state index in [2.05, 4.69) is 31.0 Å². The Morgan fingerprint density at radius 1 is 1.57 bits per heavy atom. The highest BCUT2D eigenvalue weighted by Gasteiger charge is 2.24. The monoisotopic (exact) mass is 196 g/mol. The van der Waals surface area contributed by atoms with Crippen LogP contribution in [-0.4, -0.2) is 18.0 Å². The molecule has 3 heteroatoms. The minimum atomic E-state index is -0.338. The van der Waals surface area contributed by atoms with Crippen LogP contribution in [0.2, 0.25) is 0 Å². The van der Waals surface area contributed by atoms with Gasteiger partial charge in [0, 0.05) is 6.54 Å². The van der Waals surface area contributed by atoms with Gasteiger partial charge in [0.1, 0.15) is 0 Å². The Labute approximate surface area is 86.4 Å². The van der Waals surface area contributed by atoms with E-state index in [0.29, 0.717) is 12.5 Å². The molecule has 0 aromatic carbocycles. The molecule has 0 saturated heterocycles. The Hall–Kier alpha value is -1.01. The summed E-state index contributed by atoms with van der Waals surface area (Å²) in [6.45, 7) is 8.23. The van der Waals surface area contributed by atoms with Crippen LogP contribution in [-0.2, 0) is 4.79 Å². The summed E-state index contributed by atoms with van der Waals surface area (Å²) in [7, 11) is 0. The first-order chi connectivity index (χ1) is 6.43. The Balaban J connectivity index is 4.36. The van der Waals surface area contributed by atoms with Gasteiger partial charge in [0.2, 0.25) is 0 Å². The molecule has 14 heavy (non-hydrogen) atoms. The maximum atomic E-state index is 11.3. The molecule has 0 saturated carbocycles. The summed E-state index contributed by atoms with van der Waals surface area (Å²) in [5, 5.41) is 2.84. The van der Waals surface area contributed by atoms with Gasteiger partial charge in [-0.25, -0.2) is 0 Å². The fourth-order valence-electron chi connectivity index (χ4n) is 1.51. The lowest BCUT2D eigenvalue weighted by Crippen LogP contribution is -2.51. The third-order valence-electron chi connectivity index (χ3n) is 1.96. The first-order valence-corrected chi connectivity index (χ1v) is 4.88. The molecule has 1 amide bonds. The highest BCUT2D eigenvalue weighted by Crippen LogP contribution is 2.14. The molecule has 0 aromatic heterocycles. The maximum Gasteiger partial charge on any atom is 0.296 e. The number of carbonyl (C=O) groups is 1. The van der Waals surface area contributed by atoms with Gasteiger partial charge in [-0.1, -0.05) is 19.8 Å². The number of nitrogens with two attached hydrogens (primary N) is 1. The van der Waals surface area contributed by atoms with E-state index in [4.69, 9.17) is 5.73 Å². The molecule has 1 unspecified atom stereocenters. The molecule has 0 spiro atoms. The average molecular weight is 196 g/mol. The summed E-state index contributed by atoms with van der Waals surface area (Å²) in [6, 6.07) is 0. The molecule has 1 atom stereocenters. The van der Waals surface area contributed by atoms with E-state index >= 15 is 0 Å². The molecule has 0 bridgehead atoms. The summed E-state index contributed by atoms with van der Waals surface area (Å²) in [5.74, 6) is 5.27. The number of hydrogen-bond donors (Lipinski definition) is 2. The standard InChI is InChI=1S/C11H20N2O/c1-5-6-10(14)13-11(4,8-12)7-9(2)3/h9H,7-8,12H2,1-4H3,(H,13,14). The molecular weight excluding hydrogens is 176 g/mol. The van der Waals surface area contributed by atoms with Crippen molar-refractivity contribution >= 4 is 5.91 Å². The smallest absolute Gasteiger partial charge is 0.296 e. The first kappa shape index (κ1) is 13.0. The van der Waals surface area contributed by atoms with Crippen molar-refractivity contribution in [2.45, 2.75) is 39.7 Å². The van der Waals surface area contributed by atoms with Crippen LogP contribution in [0.3, 0.4) is 0 Å². The van der Waals surface area contributed by atoms with Crippen molar-refractivity contribution in [3.8, 4) is 11.8 Å². The van der Waals surface area contributed by atoms with E-state index < -0.39 is 0 Å². The molecule has 0 rings (SSSR count). The van der Waals surface area contributed by atoms with Crippen molar-refractivity contribution in [1.82, 2.24) is 5.32 Å². The first-order valence-electron chi connectivity index (χ1n) is 4.88. The number of carbonyl (C=O) groups excluding carboxylic acids is 1. The van der Waals surface area contributed by atoms with Gasteiger partial charge in [0.25, 0.3) is 5.91 Å². The molecule has 0 aromatic rings. The summed E-state index contributed by atoms with van der Waals surface area (Å²) >= 11 is 0. The number of nitrogens with one attached hydrogen (secondary N) is 1. The van der Waals surface area contributed by atoms with Gasteiger partial charge in [0.15, 0.2) is 0 Å². The van der Waals surface area contributed by atoms with E-state index in [-0.39, 0.29) is 11.4 Å². The molecule has 0 aliphatic heterocycles. The highest BCUT2D eigenvalue weighted by molar-refractivity contribution is 5.93. The fourth-order valence-corrected chi connectivity index (χ4v) is 1.51. The molecular formula is C11H20N2O. The van der Waals surface area contributed by atoms with Crippen LogP contribution < -0.4 is 11.1 Å². The zero-order chi connectivity index (χ0) is 11.2. The van der Waals surface area contributed by atoms with Crippen molar-refractivity contribution in [3.63, 3.8) is 0 Å². The van der Waals surface area contributed by atoms with Gasteiger partial charge < -0.3 is 11.1 Å². The Morgan fingerprint density at radius 3 is 2.50 bits per heavy atom. The number of hydrogen-bond acceptors (Lipinski definition) is 2. The Kier molecular flexibility index (Phi) is 5.26. The third-order valence-corrected chi connectivity index (χ3v) is 1.96. The van der Waals surface area contributed by atoms with Crippen molar-refractivity contribution in [1.29, 1.82) is 0 Å². The van der Waals surface area contributed by atoms with Gasteiger partial charge in [-0.2, -0.15) is 0 Å². The zero-order valence-corrected chi connectivity index (χ0v) is 9.48. The fraction of sp³-hybridized carbons (Fsp3) is 0.727. The quantitative estimate of drug-likeness (QED) is 0.656. The van der Waals surface area contributed by atoms with Gasteiger partial charge >= 0.3 is 0 Å². The zero-order valence-electron chi connectivity index (χ0n) is 9.48. The molecule has 0 aliphatic rings. The van der Waals surface area contributed by atoms with Crippen LogP contribution in [0.4, 0.5) is 0 Å². The second kappa shape index (κ2) is 5.66. The Morgan fingerprint density at radius 2 is 2.14 bits per heavy atom. The van der Waals surface area contributed by atoms with Crippen LogP contribution >= 0.6 is 0 Å². The second-order valence-corrected chi connectivity index (χ2v) is 4.19. The molecule has 0 fully saturated rings. The van der Waals surface area contributed by atoms with Crippen LogP contribution in [0.1, 0.15) is 34.1 Å². The normalized spacial score (nSPS) is 14.1. The van der Waals surface area contributed by atoms with E-state index in [0.717, 1.165) is 6.42 Å². The second-order valence-electron chi connectivity index (χ2n) is 4.19. The maximum absolute atomic E-state index is 11.3. The van der Waals surface area contributed by atoms with Crippen molar-refractivity contribution in [2.75, 3.05) is 6.54 Å². The average Bonchev–Trinajstić information content (AvgIpc) is 2.02. The topological polar surface area (TPSA) is 55.1 Å². The molecule has 80 valence electrons. The lowest BCUT2D eigenvalue weighted by Gasteiger charge is -2.30. The minimum absolute atomic E-state index is 0.249. The van der Waals surface area contributed by atoms with Gasteiger partial charge in [-0.15, -0.1) is 0 Å². The van der Waals surface area contributed by atoms with Crippen molar-refractivity contribution in [3.05, 3.63) is 0 Å². The lowest BCUT2D eigenvalue weighted by atomic mass is 9.91. The van der Waals surface area contributed by atoms with Gasteiger partial charge in [0.05, 0.1) is 5.54 Å². The van der Waals surface area contributed by atoms with Crippen LogP contribution in [0.5, 0.6) is 0 Å². The van der Waals surface area contributed by atoms with Crippen LogP contribution in [0.25, 0.3) is 0 Å². The lowest BCUT2D eigenvalue weighted by molar-refractivity contribution is -0.117. The summed E-state index contributed by atoms with van der Waals surface area (Å²) < 4.78 is 0. The largest absolute Gasteiger partial charge is 0.339 e.